The number of nitrogens with zero attached hydrogens (tertiary/aromatic N) is 3. The Hall–Kier alpha value is -2.57. The van der Waals surface area contributed by atoms with Crippen LogP contribution in [0.15, 0.2) is 12.1 Å². The molecule has 0 fully saturated rings. The summed E-state index contributed by atoms with van der Waals surface area (Å²) in [5.41, 5.74) is 0.753. The van der Waals surface area contributed by atoms with Crippen molar-refractivity contribution in [3.05, 3.63) is 49.2 Å². The third-order valence-electron chi connectivity index (χ3n) is 3.09. The van der Waals surface area contributed by atoms with Gasteiger partial charge in [0, 0.05) is 16.6 Å². The van der Waals surface area contributed by atoms with Crippen molar-refractivity contribution in [1.29, 1.82) is 0 Å². The Balaban J connectivity index is 3.08. The van der Waals surface area contributed by atoms with Gasteiger partial charge in [-0.05, 0) is 26.8 Å². The van der Waals surface area contributed by atoms with Gasteiger partial charge in [-0.25, -0.2) is 4.98 Å². The molecule has 0 aliphatic heterocycles. The Morgan fingerprint density at radius 3 is 2.05 bits per heavy atom. The minimum Gasteiger partial charge on any atom is -0.258 e. The lowest BCUT2D eigenvalue weighted by Crippen LogP contribution is -2.03. The summed E-state index contributed by atoms with van der Waals surface area (Å²) in [7, 11) is 0. The first-order valence-corrected chi connectivity index (χ1v) is 5.54. The highest BCUT2D eigenvalue weighted by atomic mass is 16.6. The maximum absolute atomic E-state index is 11.2. The summed E-state index contributed by atoms with van der Waals surface area (Å²) < 4.78 is 0. The van der Waals surface area contributed by atoms with Gasteiger partial charge in [0.1, 0.15) is 11.1 Å². The molecular formula is C12H11N3O4. The fourth-order valence-corrected chi connectivity index (χ4v) is 2.24. The number of benzene rings is 1. The van der Waals surface area contributed by atoms with Crippen molar-refractivity contribution in [3.8, 4) is 0 Å². The number of nitro groups is 2. The molecule has 0 saturated heterocycles. The first kappa shape index (κ1) is 12.9. The average molecular weight is 261 g/mol. The molecular weight excluding hydrogens is 250 g/mol. The monoisotopic (exact) mass is 261 g/mol. The SMILES string of the molecule is Cc1ccc2c(C)c([N+](=O)[O-])c(C)c([N+](=O)[O-])c2n1. The maximum Gasteiger partial charge on any atom is 0.305 e. The normalized spacial score (nSPS) is 10.7. The number of fused-ring (bicyclic) bond motifs is 1. The third kappa shape index (κ3) is 1.88. The molecule has 0 saturated carbocycles. The summed E-state index contributed by atoms with van der Waals surface area (Å²) in [5, 5.41) is 22.7. The van der Waals surface area contributed by atoms with Gasteiger partial charge in [0.05, 0.1) is 9.85 Å². The van der Waals surface area contributed by atoms with Gasteiger partial charge in [-0.15, -0.1) is 0 Å². The summed E-state index contributed by atoms with van der Waals surface area (Å²) in [5.74, 6) is 0. The minimum absolute atomic E-state index is 0.0399. The first-order valence-electron chi connectivity index (χ1n) is 5.54. The van der Waals surface area contributed by atoms with Crippen LogP contribution in [-0.2, 0) is 0 Å². The molecule has 0 amide bonds. The Morgan fingerprint density at radius 1 is 0.947 bits per heavy atom. The first-order chi connectivity index (χ1) is 8.84. The lowest BCUT2D eigenvalue weighted by molar-refractivity contribution is -0.394. The molecule has 2 aromatic rings. The van der Waals surface area contributed by atoms with E-state index >= 15 is 0 Å². The van der Waals surface area contributed by atoms with Crippen molar-refractivity contribution in [2.75, 3.05) is 0 Å². The van der Waals surface area contributed by atoms with Crippen molar-refractivity contribution < 1.29 is 9.85 Å². The highest BCUT2D eigenvalue weighted by Gasteiger charge is 2.29. The molecule has 0 bridgehead atoms. The summed E-state index contributed by atoms with van der Waals surface area (Å²) in [6, 6.07) is 3.31. The number of hydrogen-bond donors (Lipinski definition) is 0. The van der Waals surface area contributed by atoms with Gasteiger partial charge in [0.25, 0.3) is 5.69 Å². The molecule has 0 aliphatic rings. The zero-order valence-corrected chi connectivity index (χ0v) is 10.6. The smallest absolute Gasteiger partial charge is 0.258 e. The summed E-state index contributed by atoms with van der Waals surface area (Å²) in [4.78, 5) is 25.2. The van der Waals surface area contributed by atoms with Crippen LogP contribution in [0.1, 0.15) is 16.8 Å². The van der Waals surface area contributed by atoms with Gasteiger partial charge in [-0.3, -0.25) is 20.2 Å². The molecule has 1 heterocycles. The second-order valence-electron chi connectivity index (χ2n) is 4.31. The standard InChI is InChI=1S/C12H11N3O4/c1-6-4-5-9-7(2)11(14(16)17)8(3)12(15(18)19)10(9)13-6/h4-5H,1-3H3. The molecule has 19 heavy (non-hydrogen) atoms. The number of hydrogen-bond acceptors (Lipinski definition) is 5. The topological polar surface area (TPSA) is 99.2 Å². The quantitative estimate of drug-likeness (QED) is 0.611. The van der Waals surface area contributed by atoms with E-state index in [2.05, 4.69) is 4.98 Å². The molecule has 0 spiro atoms. The molecule has 7 nitrogen and oxygen atoms in total. The van der Waals surface area contributed by atoms with Crippen LogP contribution in [0.2, 0.25) is 0 Å². The van der Waals surface area contributed by atoms with Crippen LogP contribution < -0.4 is 0 Å². The summed E-state index contributed by atoms with van der Waals surface area (Å²) >= 11 is 0. The van der Waals surface area contributed by atoms with Crippen molar-refractivity contribution in [2.24, 2.45) is 0 Å². The van der Waals surface area contributed by atoms with E-state index in [0.717, 1.165) is 0 Å². The Kier molecular flexibility index (Phi) is 2.89. The number of aromatic nitrogens is 1. The van der Waals surface area contributed by atoms with Gasteiger partial charge in [0.2, 0.25) is 0 Å². The van der Waals surface area contributed by atoms with E-state index in [1.165, 1.54) is 6.92 Å². The third-order valence-corrected chi connectivity index (χ3v) is 3.09. The van der Waals surface area contributed by atoms with Crippen LogP contribution in [0, 0.1) is 41.0 Å². The molecule has 7 heteroatoms. The van der Waals surface area contributed by atoms with Crippen molar-refractivity contribution in [1.82, 2.24) is 4.98 Å². The zero-order chi connectivity index (χ0) is 14.3. The van der Waals surface area contributed by atoms with Crippen LogP contribution >= 0.6 is 0 Å². The van der Waals surface area contributed by atoms with E-state index in [1.54, 1.807) is 26.0 Å². The molecule has 1 aromatic carbocycles. The molecule has 0 unspecified atom stereocenters. The lowest BCUT2D eigenvalue weighted by atomic mass is 10.0. The molecule has 0 aliphatic carbocycles. The highest BCUT2D eigenvalue weighted by molar-refractivity contribution is 5.95. The van der Waals surface area contributed by atoms with Gasteiger partial charge >= 0.3 is 5.69 Å². The molecule has 1 aromatic heterocycles. The van der Waals surface area contributed by atoms with Crippen LogP contribution in [0.4, 0.5) is 11.4 Å². The van der Waals surface area contributed by atoms with Gasteiger partial charge in [-0.1, -0.05) is 6.07 Å². The largest absolute Gasteiger partial charge is 0.305 e. The highest BCUT2D eigenvalue weighted by Crippen LogP contribution is 2.38. The second-order valence-corrected chi connectivity index (χ2v) is 4.31. The second kappa shape index (κ2) is 4.27. The van der Waals surface area contributed by atoms with E-state index in [0.29, 0.717) is 16.6 Å². The van der Waals surface area contributed by atoms with Crippen molar-refractivity contribution in [2.45, 2.75) is 20.8 Å². The Labute approximate surface area is 108 Å². The maximum atomic E-state index is 11.2. The van der Waals surface area contributed by atoms with Crippen LogP contribution in [0.3, 0.4) is 0 Å². The van der Waals surface area contributed by atoms with Crippen LogP contribution in [0.5, 0.6) is 0 Å². The van der Waals surface area contributed by atoms with E-state index in [1.807, 2.05) is 0 Å². The number of rotatable bonds is 2. The molecule has 98 valence electrons. The molecule has 0 N–H and O–H groups in total. The number of pyridine rings is 1. The average Bonchev–Trinajstić information content (AvgIpc) is 2.27. The van der Waals surface area contributed by atoms with E-state index in [-0.39, 0.29) is 22.5 Å². The van der Waals surface area contributed by atoms with Gasteiger partial charge in [-0.2, -0.15) is 0 Å². The minimum atomic E-state index is -0.615. The number of nitro benzene ring substituents is 2. The van der Waals surface area contributed by atoms with Crippen molar-refractivity contribution in [3.63, 3.8) is 0 Å². The van der Waals surface area contributed by atoms with E-state index in [9.17, 15) is 20.2 Å². The fourth-order valence-electron chi connectivity index (χ4n) is 2.24. The van der Waals surface area contributed by atoms with E-state index in [4.69, 9.17) is 0 Å². The molecule has 0 radical (unpaired) electrons. The Morgan fingerprint density at radius 2 is 1.53 bits per heavy atom. The summed E-state index contributed by atoms with van der Waals surface area (Å²) in [6.07, 6.45) is 0. The number of aryl methyl sites for hydroxylation is 2. The van der Waals surface area contributed by atoms with Gasteiger partial charge < -0.3 is 0 Å². The van der Waals surface area contributed by atoms with E-state index < -0.39 is 9.85 Å². The van der Waals surface area contributed by atoms with Crippen LogP contribution in [0.25, 0.3) is 10.9 Å². The fraction of sp³-hybridized carbons (Fsp3) is 0.250. The predicted octanol–water partition coefficient (Wildman–Crippen LogP) is 2.98. The van der Waals surface area contributed by atoms with Crippen LogP contribution in [-0.4, -0.2) is 14.8 Å². The van der Waals surface area contributed by atoms with Gasteiger partial charge in [0.15, 0.2) is 0 Å². The summed E-state index contributed by atoms with van der Waals surface area (Å²) in [6.45, 7) is 4.68. The molecule has 0 atom stereocenters. The Bertz CT molecular complexity index is 725. The zero-order valence-electron chi connectivity index (χ0n) is 10.6. The molecule has 2 rings (SSSR count). The lowest BCUT2D eigenvalue weighted by Gasteiger charge is -2.08. The predicted molar refractivity (Wildman–Crippen MR) is 69.3 cm³/mol. The van der Waals surface area contributed by atoms with Crippen molar-refractivity contribution >= 4 is 22.3 Å².